The van der Waals surface area contributed by atoms with Crippen molar-refractivity contribution in [3.63, 3.8) is 0 Å². The minimum Gasteiger partial charge on any atom is -0.490 e. The first-order valence-corrected chi connectivity index (χ1v) is 9.75. The molecule has 1 aliphatic rings. The van der Waals surface area contributed by atoms with Crippen molar-refractivity contribution in [1.29, 1.82) is 0 Å². The monoisotopic (exact) mass is 387 g/mol. The van der Waals surface area contributed by atoms with Crippen molar-refractivity contribution < 1.29 is 9.53 Å². The number of aromatic amines is 1. The quantitative estimate of drug-likeness (QED) is 0.718. The van der Waals surface area contributed by atoms with Crippen LogP contribution in [0.4, 0.5) is 0 Å². The van der Waals surface area contributed by atoms with E-state index in [9.17, 15) is 4.79 Å². The van der Waals surface area contributed by atoms with E-state index in [-0.39, 0.29) is 12.0 Å². The van der Waals surface area contributed by atoms with Gasteiger partial charge in [0.25, 0.3) is 5.91 Å². The van der Waals surface area contributed by atoms with Crippen LogP contribution in [0.25, 0.3) is 10.6 Å². The van der Waals surface area contributed by atoms with Gasteiger partial charge in [-0.3, -0.25) is 9.89 Å². The van der Waals surface area contributed by atoms with Crippen molar-refractivity contribution in [3.8, 4) is 16.3 Å². The van der Waals surface area contributed by atoms with Gasteiger partial charge in [-0.25, -0.2) is 0 Å². The number of thiophene rings is 1. The molecule has 7 heteroatoms. The molecule has 1 aliphatic heterocycles. The third-order valence-electron chi connectivity index (χ3n) is 4.43. The smallest absolute Gasteiger partial charge is 0.274 e. The highest BCUT2D eigenvalue weighted by atomic mass is 35.5. The van der Waals surface area contributed by atoms with Crippen LogP contribution in [-0.2, 0) is 0 Å². The van der Waals surface area contributed by atoms with Gasteiger partial charge >= 0.3 is 0 Å². The van der Waals surface area contributed by atoms with Crippen LogP contribution in [0.1, 0.15) is 23.3 Å². The number of rotatable bonds is 4. The Kier molecular flexibility index (Phi) is 4.95. The van der Waals surface area contributed by atoms with Crippen LogP contribution < -0.4 is 4.74 Å². The van der Waals surface area contributed by atoms with Crippen molar-refractivity contribution in [3.05, 3.63) is 58.6 Å². The number of likely N-dealkylation sites (tertiary alicyclic amines) is 1. The predicted octanol–water partition coefficient (Wildman–Crippen LogP) is 4.48. The normalized spacial score (nSPS) is 15.2. The third-order valence-corrected chi connectivity index (χ3v) is 5.58. The Bertz CT molecular complexity index is 869. The fourth-order valence-corrected chi connectivity index (χ4v) is 3.85. The van der Waals surface area contributed by atoms with Gasteiger partial charge in [0.2, 0.25) is 0 Å². The van der Waals surface area contributed by atoms with Crippen LogP contribution in [-0.4, -0.2) is 40.2 Å². The lowest BCUT2D eigenvalue weighted by Gasteiger charge is -2.31. The maximum atomic E-state index is 12.7. The third kappa shape index (κ3) is 3.76. The average Bonchev–Trinajstić information content (AvgIpc) is 3.35. The molecule has 1 amide bonds. The number of H-pyrrole nitrogens is 1. The van der Waals surface area contributed by atoms with Crippen LogP contribution in [0.5, 0.6) is 5.75 Å². The summed E-state index contributed by atoms with van der Waals surface area (Å²) in [6.45, 7) is 1.33. The first-order chi connectivity index (χ1) is 12.7. The molecule has 0 saturated carbocycles. The Hall–Kier alpha value is -2.31. The molecule has 0 spiro atoms. The highest BCUT2D eigenvalue weighted by Crippen LogP contribution is 2.25. The summed E-state index contributed by atoms with van der Waals surface area (Å²) in [7, 11) is 0. The molecule has 3 aromatic rings. The topological polar surface area (TPSA) is 58.2 Å². The van der Waals surface area contributed by atoms with Crippen LogP contribution >= 0.6 is 22.9 Å². The zero-order valence-electron chi connectivity index (χ0n) is 14.0. The van der Waals surface area contributed by atoms with Crippen LogP contribution in [0.3, 0.4) is 0 Å². The summed E-state index contributed by atoms with van der Waals surface area (Å²) in [5.74, 6) is 0.779. The lowest BCUT2D eigenvalue weighted by Crippen LogP contribution is -2.41. The molecule has 1 saturated heterocycles. The van der Waals surface area contributed by atoms with E-state index in [1.807, 2.05) is 52.7 Å². The van der Waals surface area contributed by atoms with Crippen molar-refractivity contribution in [1.82, 2.24) is 15.1 Å². The molecule has 0 atom stereocenters. The zero-order valence-corrected chi connectivity index (χ0v) is 15.6. The van der Waals surface area contributed by atoms with Gasteiger partial charge in [-0.15, -0.1) is 11.3 Å². The fourth-order valence-electron chi connectivity index (χ4n) is 3.03. The second-order valence-electron chi connectivity index (χ2n) is 6.21. The van der Waals surface area contributed by atoms with Gasteiger partial charge in [0.05, 0.1) is 10.6 Å². The van der Waals surface area contributed by atoms with E-state index in [4.69, 9.17) is 16.3 Å². The standard InChI is InChI=1S/C19H18ClN3O2S/c20-13-3-5-14(6-4-13)25-15-7-9-23(10-8-15)19(24)17-12-16(21-22-17)18-2-1-11-26-18/h1-6,11-12,15H,7-10H2,(H,21,22). The predicted molar refractivity (Wildman–Crippen MR) is 103 cm³/mol. The first-order valence-electron chi connectivity index (χ1n) is 8.50. The minimum absolute atomic E-state index is 0.0333. The molecule has 5 nitrogen and oxygen atoms in total. The Balaban J connectivity index is 1.34. The van der Waals surface area contributed by atoms with Gasteiger partial charge in [0.15, 0.2) is 5.69 Å². The molecule has 3 heterocycles. The molecule has 1 fully saturated rings. The molecular weight excluding hydrogens is 370 g/mol. The number of halogens is 1. The number of amides is 1. The molecule has 26 heavy (non-hydrogen) atoms. The van der Waals surface area contributed by atoms with Gasteiger partial charge < -0.3 is 9.64 Å². The summed E-state index contributed by atoms with van der Waals surface area (Å²) in [6.07, 6.45) is 1.72. The van der Waals surface area contributed by atoms with Gasteiger partial charge in [-0.05, 0) is 41.8 Å². The van der Waals surface area contributed by atoms with Crippen LogP contribution in [0.15, 0.2) is 47.8 Å². The van der Waals surface area contributed by atoms with E-state index in [2.05, 4.69) is 10.2 Å². The zero-order chi connectivity index (χ0) is 17.9. The van der Waals surface area contributed by atoms with Crippen molar-refractivity contribution >= 4 is 28.8 Å². The van der Waals surface area contributed by atoms with Gasteiger partial charge in [0, 0.05) is 31.0 Å². The summed E-state index contributed by atoms with van der Waals surface area (Å²) in [5.41, 5.74) is 1.34. The van der Waals surface area contributed by atoms with Gasteiger partial charge in [-0.1, -0.05) is 17.7 Å². The second kappa shape index (κ2) is 7.51. The number of benzene rings is 1. The number of nitrogens with zero attached hydrogens (tertiary/aromatic N) is 2. The Morgan fingerprint density at radius 3 is 2.69 bits per heavy atom. The van der Waals surface area contributed by atoms with Crippen LogP contribution in [0, 0.1) is 0 Å². The number of ether oxygens (including phenoxy) is 1. The number of aromatic nitrogens is 2. The number of hydrogen-bond acceptors (Lipinski definition) is 4. The second-order valence-corrected chi connectivity index (χ2v) is 7.59. The Morgan fingerprint density at radius 2 is 2.00 bits per heavy atom. The Morgan fingerprint density at radius 1 is 1.23 bits per heavy atom. The van der Waals surface area contributed by atoms with Crippen molar-refractivity contribution in [2.24, 2.45) is 0 Å². The number of hydrogen-bond donors (Lipinski definition) is 1. The maximum Gasteiger partial charge on any atom is 0.274 e. The summed E-state index contributed by atoms with van der Waals surface area (Å²) in [4.78, 5) is 15.6. The number of carbonyl (C=O) groups excluding carboxylic acids is 1. The molecule has 1 N–H and O–H groups in total. The van der Waals surface area contributed by atoms with E-state index >= 15 is 0 Å². The molecule has 0 aliphatic carbocycles. The highest BCUT2D eigenvalue weighted by molar-refractivity contribution is 7.13. The van der Waals surface area contributed by atoms with Gasteiger partial charge in [0.1, 0.15) is 11.9 Å². The summed E-state index contributed by atoms with van der Waals surface area (Å²) >= 11 is 7.51. The fraction of sp³-hybridized carbons (Fsp3) is 0.263. The van der Waals surface area contributed by atoms with Gasteiger partial charge in [-0.2, -0.15) is 5.10 Å². The first kappa shape index (κ1) is 17.1. The number of piperidine rings is 1. The number of carbonyl (C=O) groups is 1. The van der Waals surface area contributed by atoms with E-state index in [1.54, 1.807) is 11.3 Å². The highest BCUT2D eigenvalue weighted by Gasteiger charge is 2.26. The minimum atomic E-state index is -0.0333. The lowest BCUT2D eigenvalue weighted by molar-refractivity contribution is 0.0590. The van der Waals surface area contributed by atoms with E-state index in [0.717, 1.165) is 29.2 Å². The maximum absolute atomic E-state index is 12.7. The van der Waals surface area contributed by atoms with Crippen molar-refractivity contribution in [2.45, 2.75) is 18.9 Å². The molecule has 0 bridgehead atoms. The SMILES string of the molecule is O=C(c1cc(-c2cccs2)[nH]n1)N1CCC(Oc2ccc(Cl)cc2)CC1. The van der Waals surface area contributed by atoms with E-state index in [0.29, 0.717) is 23.8 Å². The van der Waals surface area contributed by atoms with E-state index in [1.165, 1.54) is 0 Å². The molecule has 0 unspecified atom stereocenters. The Labute approximate surface area is 160 Å². The number of nitrogens with one attached hydrogen (secondary N) is 1. The molecule has 2 aromatic heterocycles. The summed E-state index contributed by atoms with van der Waals surface area (Å²) < 4.78 is 5.98. The molecule has 1 aromatic carbocycles. The van der Waals surface area contributed by atoms with Crippen LogP contribution in [0.2, 0.25) is 5.02 Å². The van der Waals surface area contributed by atoms with E-state index < -0.39 is 0 Å². The lowest BCUT2D eigenvalue weighted by atomic mass is 10.1. The summed E-state index contributed by atoms with van der Waals surface area (Å²) in [5, 5.41) is 9.84. The molecule has 134 valence electrons. The average molecular weight is 388 g/mol. The molecular formula is C19H18ClN3O2S. The molecule has 0 radical (unpaired) electrons. The largest absolute Gasteiger partial charge is 0.490 e. The van der Waals surface area contributed by atoms with Crippen molar-refractivity contribution in [2.75, 3.05) is 13.1 Å². The summed E-state index contributed by atoms with van der Waals surface area (Å²) in [6, 6.07) is 13.2. The molecule has 4 rings (SSSR count).